The van der Waals surface area contributed by atoms with Crippen molar-refractivity contribution in [2.24, 2.45) is 5.92 Å². The number of pyridine rings is 2. The van der Waals surface area contributed by atoms with Gasteiger partial charge in [0.25, 0.3) is 5.56 Å². The molecular formula is C29H39N7O4. The predicted octanol–water partition coefficient (Wildman–Crippen LogP) is 4.19. The van der Waals surface area contributed by atoms with Crippen LogP contribution in [0.15, 0.2) is 47.8 Å². The molecule has 0 spiro atoms. The van der Waals surface area contributed by atoms with Crippen LogP contribution in [-0.2, 0) is 4.74 Å². The first-order chi connectivity index (χ1) is 19.1. The predicted molar refractivity (Wildman–Crippen MR) is 152 cm³/mol. The van der Waals surface area contributed by atoms with E-state index < -0.39 is 5.60 Å². The molecule has 3 aromatic heterocycles. The van der Waals surface area contributed by atoms with E-state index in [1.54, 1.807) is 47.2 Å². The number of anilines is 1. The molecule has 0 aromatic carbocycles. The lowest BCUT2D eigenvalue weighted by Crippen LogP contribution is -2.52. The minimum absolute atomic E-state index is 0.0465. The van der Waals surface area contributed by atoms with Crippen LogP contribution in [0, 0.1) is 5.92 Å². The van der Waals surface area contributed by atoms with Crippen molar-refractivity contribution in [3.05, 3.63) is 53.3 Å². The molecule has 2 fully saturated rings. The Labute approximate surface area is 234 Å². The second-order valence-corrected chi connectivity index (χ2v) is 11.8. The van der Waals surface area contributed by atoms with Crippen LogP contribution in [-0.4, -0.2) is 73.9 Å². The number of nitrogens with zero attached hydrogens (tertiary/aromatic N) is 7. The van der Waals surface area contributed by atoms with Gasteiger partial charge in [-0.05, 0) is 71.4 Å². The summed E-state index contributed by atoms with van der Waals surface area (Å²) in [5.41, 5.74) is 1.61. The van der Waals surface area contributed by atoms with Crippen LogP contribution >= 0.6 is 0 Å². The normalized spacial score (nSPS) is 18.3. The molecule has 1 unspecified atom stereocenters. The van der Waals surface area contributed by atoms with Gasteiger partial charge in [-0.3, -0.25) is 14.3 Å². The maximum atomic E-state index is 13.3. The van der Waals surface area contributed by atoms with Gasteiger partial charge in [-0.15, -0.1) is 5.10 Å². The molecule has 1 amide bonds. The van der Waals surface area contributed by atoms with Gasteiger partial charge in [0.2, 0.25) is 0 Å². The number of carbonyl (C=O) groups excluding carboxylic acids is 1. The van der Waals surface area contributed by atoms with Crippen molar-refractivity contribution in [3.63, 3.8) is 0 Å². The summed E-state index contributed by atoms with van der Waals surface area (Å²) in [6.45, 7) is 9.85. The average Bonchev–Trinajstić information content (AvgIpc) is 3.62. The van der Waals surface area contributed by atoms with Crippen LogP contribution in [0.3, 0.4) is 0 Å². The molecule has 11 nitrogen and oxygen atoms in total. The summed E-state index contributed by atoms with van der Waals surface area (Å²) >= 11 is 0. The van der Waals surface area contributed by atoms with Crippen LogP contribution in [0.1, 0.15) is 59.5 Å². The smallest absolute Gasteiger partial charge is 0.410 e. The number of aromatic nitrogens is 5. The molecule has 40 heavy (non-hydrogen) atoms. The van der Waals surface area contributed by atoms with E-state index in [-0.39, 0.29) is 23.9 Å². The van der Waals surface area contributed by atoms with E-state index in [1.165, 1.54) is 0 Å². The fourth-order valence-electron chi connectivity index (χ4n) is 5.09. The molecule has 0 radical (unpaired) electrons. The fourth-order valence-corrected chi connectivity index (χ4v) is 5.09. The van der Waals surface area contributed by atoms with E-state index in [4.69, 9.17) is 9.47 Å². The van der Waals surface area contributed by atoms with Gasteiger partial charge in [-0.25, -0.2) is 9.48 Å². The van der Waals surface area contributed by atoms with E-state index in [1.807, 2.05) is 44.7 Å². The van der Waals surface area contributed by atoms with Gasteiger partial charge < -0.3 is 19.3 Å². The number of hydrogen-bond donors (Lipinski definition) is 0. The monoisotopic (exact) mass is 549 g/mol. The molecule has 1 saturated carbocycles. The summed E-state index contributed by atoms with van der Waals surface area (Å²) in [5, 5.41) is 8.52. The maximum Gasteiger partial charge on any atom is 0.410 e. The first kappa shape index (κ1) is 27.7. The highest BCUT2D eigenvalue weighted by Crippen LogP contribution is 2.33. The lowest BCUT2D eigenvalue weighted by Gasteiger charge is -2.40. The van der Waals surface area contributed by atoms with Crippen LogP contribution in [0.25, 0.3) is 11.3 Å². The molecule has 2 atom stereocenters. The summed E-state index contributed by atoms with van der Waals surface area (Å²) < 4.78 is 14.3. The Kier molecular flexibility index (Phi) is 7.82. The van der Waals surface area contributed by atoms with E-state index in [0.29, 0.717) is 23.9 Å². The van der Waals surface area contributed by atoms with E-state index in [2.05, 4.69) is 20.2 Å². The number of piperidine rings is 1. The van der Waals surface area contributed by atoms with Gasteiger partial charge >= 0.3 is 6.09 Å². The number of amides is 1. The van der Waals surface area contributed by atoms with Crippen LogP contribution < -0.4 is 15.2 Å². The highest BCUT2D eigenvalue weighted by Gasteiger charge is 2.36. The Morgan fingerprint density at radius 3 is 2.70 bits per heavy atom. The van der Waals surface area contributed by atoms with Crippen LogP contribution in [0.4, 0.5) is 10.5 Å². The Morgan fingerprint density at radius 2 is 2.00 bits per heavy atom. The minimum atomic E-state index is -0.538. The van der Waals surface area contributed by atoms with Crippen molar-refractivity contribution in [2.45, 2.75) is 71.2 Å². The molecule has 1 saturated heterocycles. The summed E-state index contributed by atoms with van der Waals surface area (Å²) in [5.74, 6) is 1.19. The quantitative estimate of drug-likeness (QED) is 0.412. The molecular weight excluding hydrogens is 510 g/mol. The molecule has 2 aliphatic rings. The summed E-state index contributed by atoms with van der Waals surface area (Å²) in [6, 6.07) is 5.52. The van der Waals surface area contributed by atoms with Crippen molar-refractivity contribution in [3.8, 4) is 17.0 Å². The first-order valence-corrected chi connectivity index (χ1v) is 14.0. The zero-order chi connectivity index (χ0) is 28.4. The van der Waals surface area contributed by atoms with E-state index >= 15 is 0 Å². The number of carbonyl (C=O) groups is 1. The molecule has 214 valence electrons. The highest BCUT2D eigenvalue weighted by molar-refractivity contribution is 5.69. The molecule has 3 aromatic rings. The second kappa shape index (κ2) is 11.3. The van der Waals surface area contributed by atoms with Crippen molar-refractivity contribution >= 4 is 11.8 Å². The topological polar surface area (TPSA) is 108 Å². The molecule has 5 rings (SSSR count). The minimum Gasteiger partial charge on any atom is -0.495 e. The van der Waals surface area contributed by atoms with Crippen molar-refractivity contribution < 1.29 is 14.3 Å². The second-order valence-electron chi connectivity index (χ2n) is 11.8. The summed E-state index contributed by atoms with van der Waals surface area (Å²) in [7, 11) is 1.59. The lowest BCUT2D eigenvalue weighted by molar-refractivity contribution is 0.0134. The zero-order valence-electron chi connectivity index (χ0n) is 24.0. The summed E-state index contributed by atoms with van der Waals surface area (Å²) in [6.07, 6.45) is 10.5. The third-order valence-electron chi connectivity index (χ3n) is 7.45. The number of hydrogen-bond acceptors (Lipinski definition) is 8. The summed E-state index contributed by atoms with van der Waals surface area (Å²) in [4.78, 5) is 34.7. The fraction of sp³-hybridized carbons (Fsp3) is 0.552. The molecule has 4 heterocycles. The molecule has 1 aliphatic heterocycles. The van der Waals surface area contributed by atoms with Gasteiger partial charge in [0.15, 0.2) is 0 Å². The lowest BCUT2D eigenvalue weighted by atomic mass is 10.0. The third kappa shape index (κ3) is 6.46. The Bertz CT molecular complexity index is 1390. The number of rotatable bonds is 8. The van der Waals surface area contributed by atoms with E-state index in [9.17, 15) is 9.59 Å². The Balaban J connectivity index is 1.30. The van der Waals surface area contributed by atoms with Gasteiger partial charge in [-0.2, -0.15) is 0 Å². The largest absolute Gasteiger partial charge is 0.495 e. The van der Waals surface area contributed by atoms with Crippen LogP contribution in [0.2, 0.25) is 0 Å². The highest BCUT2D eigenvalue weighted by atomic mass is 16.6. The molecule has 1 aliphatic carbocycles. The van der Waals surface area contributed by atoms with Crippen molar-refractivity contribution in [1.29, 1.82) is 0 Å². The Hall–Kier alpha value is -3.89. The Morgan fingerprint density at radius 1 is 1.20 bits per heavy atom. The average molecular weight is 550 g/mol. The number of methoxy groups -OCH3 is 1. The van der Waals surface area contributed by atoms with Crippen LogP contribution in [0.5, 0.6) is 5.75 Å². The molecule has 0 N–H and O–H groups in total. The number of ether oxygens (including phenoxy) is 2. The van der Waals surface area contributed by atoms with E-state index in [0.717, 1.165) is 50.0 Å². The third-order valence-corrected chi connectivity index (χ3v) is 7.45. The van der Waals surface area contributed by atoms with Gasteiger partial charge in [0.05, 0.1) is 25.5 Å². The standard InChI is InChI=1S/C29H39N7O4/c1-20(36-19-26(31-32-36)22-13-25(39-5)16-30-15-22)34-12-10-23(14-27(34)37)33-11-6-7-24(18-33)35(17-21-8-9-21)28(38)40-29(2,3)4/h10,12-16,19-21,24H,6-9,11,17-18H2,1-5H3/t20?,24-/m1/s1. The SMILES string of the molecule is COc1cncc(-c2cn(C(C)n3ccc(N4CCC[C@@H](N(CC5CC5)C(=O)OC(C)(C)C)C4)cc3=O)nn2)c1. The maximum absolute atomic E-state index is 13.3. The first-order valence-electron chi connectivity index (χ1n) is 14.0. The molecule has 11 heteroatoms. The van der Waals surface area contributed by atoms with Gasteiger partial charge in [0.1, 0.15) is 23.2 Å². The molecule has 0 bridgehead atoms. The van der Waals surface area contributed by atoms with Gasteiger partial charge in [0, 0.05) is 49.3 Å². The zero-order valence-corrected chi connectivity index (χ0v) is 24.0. The van der Waals surface area contributed by atoms with Crippen molar-refractivity contribution in [2.75, 3.05) is 31.6 Å². The van der Waals surface area contributed by atoms with Gasteiger partial charge in [-0.1, -0.05) is 5.21 Å². The van der Waals surface area contributed by atoms with Crippen molar-refractivity contribution in [1.82, 2.24) is 29.4 Å².